The van der Waals surface area contributed by atoms with E-state index < -0.39 is 11.9 Å². The van der Waals surface area contributed by atoms with Gasteiger partial charge in [0.25, 0.3) is 5.91 Å². The van der Waals surface area contributed by atoms with E-state index >= 15 is 0 Å². The molecule has 0 bridgehead atoms. The van der Waals surface area contributed by atoms with Crippen LogP contribution in [0.1, 0.15) is 21.5 Å². The Bertz CT molecular complexity index is 818. The van der Waals surface area contributed by atoms with Crippen molar-refractivity contribution in [3.05, 3.63) is 59.2 Å². The summed E-state index contributed by atoms with van der Waals surface area (Å²) in [5.41, 5.74) is 12.2. The summed E-state index contributed by atoms with van der Waals surface area (Å²) in [6, 6.07) is 11.4. The Kier molecular flexibility index (Phi) is 6.15. The molecule has 2 rings (SSSR count). The van der Waals surface area contributed by atoms with Gasteiger partial charge in [-0.2, -0.15) is 0 Å². The molecule has 8 nitrogen and oxygen atoms in total. The summed E-state index contributed by atoms with van der Waals surface area (Å²) >= 11 is 0. The number of amides is 1. The lowest BCUT2D eigenvalue weighted by Crippen LogP contribution is -2.16. The van der Waals surface area contributed by atoms with Crippen molar-refractivity contribution in [3.8, 4) is 11.5 Å². The molecule has 0 spiro atoms. The standard InChI is InChI=1S/C18H19N3O5/c1-24-16(22)10-25-13-5-2-11(3-6-13)9-26-15-8-12(17(19)20)4-7-14(15)18(21)23/h2-8H,9-10H2,1H3,(H3,19,20)(H2,21,23). The lowest BCUT2D eigenvalue weighted by molar-refractivity contribution is -0.142. The molecule has 136 valence electrons. The van der Waals surface area contributed by atoms with Crippen LogP contribution in [0, 0.1) is 5.41 Å². The molecule has 0 fully saturated rings. The highest BCUT2D eigenvalue weighted by Crippen LogP contribution is 2.22. The quantitative estimate of drug-likeness (QED) is 0.369. The van der Waals surface area contributed by atoms with Crippen LogP contribution in [-0.4, -0.2) is 31.4 Å². The number of hydrogen-bond donors (Lipinski definition) is 3. The first-order valence-corrected chi connectivity index (χ1v) is 7.60. The van der Waals surface area contributed by atoms with Crippen molar-refractivity contribution >= 4 is 17.7 Å². The Labute approximate surface area is 150 Å². The van der Waals surface area contributed by atoms with Crippen LogP contribution in [0.5, 0.6) is 11.5 Å². The van der Waals surface area contributed by atoms with Gasteiger partial charge in [0.05, 0.1) is 12.7 Å². The molecule has 0 aliphatic carbocycles. The minimum atomic E-state index is -0.637. The van der Waals surface area contributed by atoms with Gasteiger partial charge >= 0.3 is 5.97 Å². The van der Waals surface area contributed by atoms with Gasteiger partial charge in [0, 0.05) is 5.56 Å². The number of nitrogen functional groups attached to an aromatic ring is 1. The predicted molar refractivity (Wildman–Crippen MR) is 94.3 cm³/mol. The average Bonchev–Trinajstić information content (AvgIpc) is 2.64. The number of hydrogen-bond acceptors (Lipinski definition) is 6. The molecule has 0 aromatic heterocycles. The number of amidine groups is 1. The summed E-state index contributed by atoms with van der Waals surface area (Å²) in [4.78, 5) is 22.6. The number of methoxy groups -OCH3 is 1. The minimum Gasteiger partial charge on any atom is -0.488 e. The van der Waals surface area contributed by atoms with Crippen LogP contribution in [0.3, 0.4) is 0 Å². The summed E-state index contributed by atoms with van der Waals surface area (Å²) in [5.74, 6) is -0.492. The molecular formula is C18H19N3O5. The van der Waals surface area contributed by atoms with E-state index in [9.17, 15) is 9.59 Å². The number of carbonyl (C=O) groups is 2. The molecule has 0 atom stereocenters. The first-order valence-electron chi connectivity index (χ1n) is 7.60. The van der Waals surface area contributed by atoms with E-state index in [-0.39, 0.29) is 30.4 Å². The van der Waals surface area contributed by atoms with Crippen LogP contribution in [0.4, 0.5) is 0 Å². The number of ether oxygens (including phenoxy) is 3. The molecule has 0 aliphatic heterocycles. The van der Waals surface area contributed by atoms with Gasteiger partial charge in [-0.15, -0.1) is 0 Å². The number of nitrogens with two attached hydrogens (primary N) is 2. The largest absolute Gasteiger partial charge is 0.488 e. The molecule has 1 amide bonds. The maximum Gasteiger partial charge on any atom is 0.343 e. The molecule has 0 saturated carbocycles. The summed E-state index contributed by atoms with van der Waals surface area (Å²) in [6.45, 7) is -0.00885. The summed E-state index contributed by atoms with van der Waals surface area (Å²) in [7, 11) is 1.29. The number of esters is 1. The third kappa shape index (κ3) is 4.97. The van der Waals surface area contributed by atoms with E-state index in [0.29, 0.717) is 11.3 Å². The fraction of sp³-hybridized carbons (Fsp3) is 0.167. The Morgan fingerprint density at radius 3 is 2.31 bits per heavy atom. The normalized spacial score (nSPS) is 10.0. The van der Waals surface area contributed by atoms with Gasteiger partial charge in [-0.3, -0.25) is 10.2 Å². The molecule has 0 unspecified atom stereocenters. The highest BCUT2D eigenvalue weighted by molar-refractivity contribution is 5.99. The fourth-order valence-electron chi connectivity index (χ4n) is 2.06. The second-order valence-electron chi connectivity index (χ2n) is 5.29. The summed E-state index contributed by atoms with van der Waals surface area (Å²) in [6.07, 6.45) is 0. The van der Waals surface area contributed by atoms with Crippen LogP contribution in [-0.2, 0) is 16.1 Å². The lowest BCUT2D eigenvalue weighted by atomic mass is 10.1. The second kappa shape index (κ2) is 8.52. The van der Waals surface area contributed by atoms with Crippen LogP contribution in [0.15, 0.2) is 42.5 Å². The zero-order valence-corrected chi connectivity index (χ0v) is 14.2. The Balaban J connectivity index is 2.06. The highest BCUT2D eigenvalue weighted by atomic mass is 16.6. The summed E-state index contributed by atoms with van der Waals surface area (Å²) in [5, 5.41) is 7.47. The molecule has 0 saturated heterocycles. The Hall–Kier alpha value is -3.55. The maximum absolute atomic E-state index is 11.5. The van der Waals surface area contributed by atoms with Crippen molar-refractivity contribution in [1.82, 2.24) is 0 Å². The maximum atomic E-state index is 11.5. The fourth-order valence-corrected chi connectivity index (χ4v) is 2.06. The van der Waals surface area contributed by atoms with E-state index in [1.54, 1.807) is 24.3 Å². The van der Waals surface area contributed by atoms with Gasteiger partial charge in [0.1, 0.15) is 23.9 Å². The van der Waals surface area contributed by atoms with Crippen LogP contribution in [0.2, 0.25) is 0 Å². The highest BCUT2D eigenvalue weighted by Gasteiger charge is 2.12. The first kappa shape index (κ1) is 18.8. The number of primary amides is 1. The van der Waals surface area contributed by atoms with E-state index in [4.69, 9.17) is 26.4 Å². The molecular weight excluding hydrogens is 338 g/mol. The van der Waals surface area contributed by atoms with E-state index in [0.717, 1.165) is 5.56 Å². The third-order valence-corrected chi connectivity index (χ3v) is 3.46. The number of rotatable bonds is 8. The van der Waals surface area contributed by atoms with Gasteiger partial charge in [-0.05, 0) is 29.8 Å². The third-order valence-electron chi connectivity index (χ3n) is 3.46. The Morgan fingerprint density at radius 1 is 1.04 bits per heavy atom. The molecule has 8 heteroatoms. The topological polar surface area (TPSA) is 138 Å². The summed E-state index contributed by atoms with van der Waals surface area (Å²) < 4.78 is 15.4. The van der Waals surface area contributed by atoms with Crippen LogP contribution in [0.25, 0.3) is 0 Å². The van der Waals surface area contributed by atoms with E-state index in [1.807, 2.05) is 0 Å². The van der Waals surface area contributed by atoms with Gasteiger partial charge < -0.3 is 25.7 Å². The first-order chi connectivity index (χ1) is 12.4. The molecule has 2 aromatic rings. The molecule has 26 heavy (non-hydrogen) atoms. The average molecular weight is 357 g/mol. The molecule has 0 aliphatic rings. The van der Waals surface area contributed by atoms with Gasteiger partial charge in [-0.25, -0.2) is 4.79 Å². The zero-order valence-electron chi connectivity index (χ0n) is 14.2. The van der Waals surface area contributed by atoms with Crippen molar-refractivity contribution in [2.45, 2.75) is 6.61 Å². The number of benzene rings is 2. The lowest BCUT2D eigenvalue weighted by Gasteiger charge is -2.12. The van der Waals surface area contributed by atoms with Crippen LogP contribution < -0.4 is 20.9 Å². The van der Waals surface area contributed by atoms with Crippen molar-refractivity contribution in [2.24, 2.45) is 11.5 Å². The molecule has 0 radical (unpaired) electrons. The zero-order chi connectivity index (χ0) is 19.1. The van der Waals surface area contributed by atoms with Gasteiger partial charge in [0.2, 0.25) is 0 Å². The van der Waals surface area contributed by atoms with Crippen molar-refractivity contribution < 1.29 is 23.8 Å². The molecule has 2 aromatic carbocycles. The van der Waals surface area contributed by atoms with Gasteiger partial charge in [-0.1, -0.05) is 18.2 Å². The van der Waals surface area contributed by atoms with Crippen molar-refractivity contribution in [3.63, 3.8) is 0 Å². The molecule has 5 N–H and O–H groups in total. The molecule has 0 heterocycles. The van der Waals surface area contributed by atoms with Crippen LogP contribution >= 0.6 is 0 Å². The Morgan fingerprint density at radius 2 is 1.73 bits per heavy atom. The second-order valence-corrected chi connectivity index (χ2v) is 5.29. The SMILES string of the molecule is COC(=O)COc1ccc(COc2cc(C(=N)N)ccc2C(N)=O)cc1. The van der Waals surface area contributed by atoms with Crippen molar-refractivity contribution in [1.29, 1.82) is 5.41 Å². The predicted octanol–water partition coefficient (Wildman–Crippen LogP) is 1.20. The van der Waals surface area contributed by atoms with Crippen molar-refractivity contribution in [2.75, 3.05) is 13.7 Å². The number of nitrogens with one attached hydrogen (secondary N) is 1. The van der Waals surface area contributed by atoms with Gasteiger partial charge in [0.15, 0.2) is 6.61 Å². The minimum absolute atomic E-state index is 0.141. The monoisotopic (exact) mass is 357 g/mol. The number of carbonyl (C=O) groups excluding carboxylic acids is 2. The smallest absolute Gasteiger partial charge is 0.343 e. The van der Waals surface area contributed by atoms with E-state index in [1.165, 1.54) is 25.3 Å². The van der Waals surface area contributed by atoms with E-state index in [2.05, 4.69) is 4.74 Å².